The van der Waals surface area contributed by atoms with Crippen LogP contribution in [0.15, 0.2) is 24.3 Å². The Hall–Kier alpha value is -0.690. The molecule has 0 radical (unpaired) electrons. The monoisotopic (exact) mass is 308 g/mol. The zero-order valence-corrected chi connectivity index (χ0v) is 13.6. The predicted octanol–water partition coefficient (Wildman–Crippen LogP) is 4.39. The molecule has 0 heterocycles. The molecule has 1 N–H and O–H groups in total. The Balaban J connectivity index is 1.84. The summed E-state index contributed by atoms with van der Waals surface area (Å²) >= 11 is 8.03. The van der Waals surface area contributed by atoms with Crippen LogP contribution in [-0.2, 0) is 5.75 Å². The lowest BCUT2D eigenvalue weighted by molar-refractivity contribution is 0.414. The molecule has 1 fully saturated rings. The fourth-order valence-corrected chi connectivity index (χ4v) is 3.75. The van der Waals surface area contributed by atoms with Crippen molar-refractivity contribution in [3.05, 3.63) is 34.9 Å². The van der Waals surface area contributed by atoms with Gasteiger partial charge in [-0.25, -0.2) is 0 Å². The van der Waals surface area contributed by atoms with E-state index >= 15 is 0 Å². The smallest absolute Gasteiger partial charge is 0.105 e. The third kappa shape index (κ3) is 4.70. The van der Waals surface area contributed by atoms with Crippen LogP contribution < -0.4 is 5.32 Å². The molecule has 0 saturated heterocycles. The van der Waals surface area contributed by atoms with E-state index in [9.17, 15) is 5.26 Å². The van der Waals surface area contributed by atoms with Crippen molar-refractivity contribution in [3.8, 4) is 6.07 Å². The maximum absolute atomic E-state index is 9.40. The van der Waals surface area contributed by atoms with E-state index in [4.69, 9.17) is 11.6 Å². The molecular formula is C16H21ClN2S. The average Bonchev–Trinajstić information content (AvgIpc) is 3.21. The van der Waals surface area contributed by atoms with Gasteiger partial charge < -0.3 is 0 Å². The predicted molar refractivity (Wildman–Crippen MR) is 87.0 cm³/mol. The molecule has 2 atom stereocenters. The quantitative estimate of drug-likeness (QED) is 0.811. The van der Waals surface area contributed by atoms with Crippen LogP contribution in [0.3, 0.4) is 0 Å². The lowest BCUT2D eigenvalue weighted by Crippen LogP contribution is -2.44. The number of halogens is 1. The van der Waals surface area contributed by atoms with Crippen molar-refractivity contribution in [2.45, 2.75) is 55.7 Å². The highest BCUT2D eigenvalue weighted by atomic mass is 35.5. The SMILES string of the molecule is CC(CC(C)(C#N)NC1CC1)SCc1ccccc1Cl. The maximum atomic E-state index is 9.40. The summed E-state index contributed by atoms with van der Waals surface area (Å²) < 4.78 is 0. The van der Waals surface area contributed by atoms with E-state index in [1.54, 1.807) is 0 Å². The summed E-state index contributed by atoms with van der Waals surface area (Å²) in [4.78, 5) is 0. The van der Waals surface area contributed by atoms with E-state index in [2.05, 4.69) is 24.4 Å². The average molecular weight is 309 g/mol. The highest BCUT2D eigenvalue weighted by molar-refractivity contribution is 7.99. The number of thioether (sulfide) groups is 1. The number of hydrogen-bond donors (Lipinski definition) is 1. The second-order valence-corrected chi connectivity index (χ2v) is 7.61. The van der Waals surface area contributed by atoms with Crippen molar-refractivity contribution in [1.82, 2.24) is 5.32 Å². The molecule has 20 heavy (non-hydrogen) atoms. The Labute approximate surface area is 130 Å². The molecule has 1 aliphatic carbocycles. The zero-order chi connectivity index (χ0) is 14.6. The van der Waals surface area contributed by atoms with E-state index in [0.29, 0.717) is 11.3 Å². The Morgan fingerprint density at radius 2 is 2.20 bits per heavy atom. The first kappa shape index (κ1) is 15.7. The first-order chi connectivity index (χ1) is 9.52. The summed E-state index contributed by atoms with van der Waals surface area (Å²) in [7, 11) is 0. The molecule has 1 aromatic rings. The molecular weight excluding hydrogens is 288 g/mol. The molecule has 0 spiro atoms. The second kappa shape index (κ2) is 6.85. The molecule has 2 unspecified atom stereocenters. The third-order valence-electron chi connectivity index (χ3n) is 3.52. The minimum Gasteiger partial charge on any atom is -0.297 e. The summed E-state index contributed by atoms with van der Waals surface area (Å²) in [6.45, 7) is 4.20. The van der Waals surface area contributed by atoms with Crippen LogP contribution in [0.1, 0.15) is 38.7 Å². The van der Waals surface area contributed by atoms with Crippen molar-refractivity contribution in [2.75, 3.05) is 0 Å². The van der Waals surface area contributed by atoms with E-state index in [1.165, 1.54) is 18.4 Å². The topological polar surface area (TPSA) is 35.8 Å². The Bertz CT molecular complexity index is 495. The van der Waals surface area contributed by atoms with Crippen LogP contribution in [0.5, 0.6) is 0 Å². The van der Waals surface area contributed by atoms with Crippen LogP contribution in [0, 0.1) is 11.3 Å². The van der Waals surface area contributed by atoms with Gasteiger partial charge in [-0.05, 0) is 37.8 Å². The van der Waals surface area contributed by atoms with Gasteiger partial charge in [-0.1, -0.05) is 36.7 Å². The molecule has 2 nitrogen and oxygen atoms in total. The fourth-order valence-electron chi connectivity index (χ4n) is 2.30. The Morgan fingerprint density at radius 1 is 1.50 bits per heavy atom. The van der Waals surface area contributed by atoms with Gasteiger partial charge in [0.1, 0.15) is 5.54 Å². The molecule has 0 aromatic heterocycles. The lowest BCUT2D eigenvalue weighted by atomic mass is 9.98. The van der Waals surface area contributed by atoms with E-state index < -0.39 is 5.54 Å². The van der Waals surface area contributed by atoms with Crippen LogP contribution in [0.4, 0.5) is 0 Å². The van der Waals surface area contributed by atoms with Crippen LogP contribution in [-0.4, -0.2) is 16.8 Å². The summed E-state index contributed by atoms with van der Waals surface area (Å²) in [5, 5.41) is 14.1. The van der Waals surface area contributed by atoms with Gasteiger partial charge in [0.25, 0.3) is 0 Å². The van der Waals surface area contributed by atoms with Crippen molar-refractivity contribution in [3.63, 3.8) is 0 Å². The number of nitriles is 1. The van der Waals surface area contributed by atoms with Crippen molar-refractivity contribution < 1.29 is 0 Å². The molecule has 4 heteroatoms. The molecule has 0 bridgehead atoms. The van der Waals surface area contributed by atoms with Gasteiger partial charge in [0.15, 0.2) is 0 Å². The van der Waals surface area contributed by atoms with Gasteiger partial charge in [-0.15, -0.1) is 0 Å². The molecule has 1 saturated carbocycles. The Kier molecular flexibility index (Phi) is 5.37. The first-order valence-corrected chi connectivity index (χ1v) is 8.49. The number of nitrogens with zero attached hydrogens (tertiary/aromatic N) is 1. The van der Waals surface area contributed by atoms with Crippen LogP contribution in [0.25, 0.3) is 0 Å². The second-order valence-electron chi connectivity index (χ2n) is 5.78. The Morgan fingerprint density at radius 3 is 2.80 bits per heavy atom. The highest BCUT2D eigenvalue weighted by Gasteiger charge is 2.33. The molecule has 2 rings (SSSR count). The zero-order valence-electron chi connectivity index (χ0n) is 12.0. The van der Waals surface area contributed by atoms with E-state index in [1.807, 2.05) is 36.9 Å². The normalized spacial score (nSPS) is 19.1. The van der Waals surface area contributed by atoms with E-state index in [0.717, 1.165) is 17.2 Å². The molecule has 0 aliphatic heterocycles. The maximum Gasteiger partial charge on any atom is 0.105 e. The molecule has 0 amide bonds. The molecule has 1 aliphatic rings. The third-order valence-corrected chi connectivity index (χ3v) is 5.11. The highest BCUT2D eigenvalue weighted by Crippen LogP contribution is 2.30. The molecule has 1 aromatic carbocycles. The van der Waals surface area contributed by atoms with Gasteiger partial charge in [-0.3, -0.25) is 5.32 Å². The van der Waals surface area contributed by atoms with Crippen LogP contribution >= 0.6 is 23.4 Å². The summed E-state index contributed by atoms with van der Waals surface area (Å²) in [6.07, 6.45) is 3.27. The van der Waals surface area contributed by atoms with Crippen molar-refractivity contribution >= 4 is 23.4 Å². The van der Waals surface area contributed by atoms with Gasteiger partial charge in [0, 0.05) is 22.1 Å². The number of rotatable bonds is 7. The van der Waals surface area contributed by atoms with E-state index in [-0.39, 0.29) is 0 Å². The summed E-state index contributed by atoms with van der Waals surface area (Å²) in [5.74, 6) is 0.895. The van der Waals surface area contributed by atoms with Crippen molar-refractivity contribution in [2.24, 2.45) is 0 Å². The number of nitrogens with one attached hydrogen (secondary N) is 1. The van der Waals surface area contributed by atoms with Gasteiger partial charge in [-0.2, -0.15) is 17.0 Å². The van der Waals surface area contributed by atoms with Gasteiger partial charge in [0.05, 0.1) is 6.07 Å². The van der Waals surface area contributed by atoms with Gasteiger partial charge in [0.2, 0.25) is 0 Å². The number of hydrogen-bond acceptors (Lipinski definition) is 3. The fraction of sp³-hybridized carbons (Fsp3) is 0.562. The van der Waals surface area contributed by atoms with Crippen LogP contribution in [0.2, 0.25) is 5.02 Å². The largest absolute Gasteiger partial charge is 0.297 e. The molecule has 108 valence electrons. The minimum absolute atomic E-state index is 0.409. The van der Waals surface area contributed by atoms with Gasteiger partial charge >= 0.3 is 0 Å². The lowest BCUT2D eigenvalue weighted by Gasteiger charge is -2.26. The minimum atomic E-state index is -0.409. The first-order valence-electron chi connectivity index (χ1n) is 7.06. The standard InChI is InChI=1S/C16H21ClN2S/c1-12(9-16(2,11-18)19-14-7-8-14)20-10-13-5-3-4-6-15(13)17/h3-6,12,14,19H,7-10H2,1-2H3. The summed E-state index contributed by atoms with van der Waals surface area (Å²) in [5.41, 5.74) is 0.758. The number of benzene rings is 1. The summed E-state index contributed by atoms with van der Waals surface area (Å²) in [6, 6.07) is 11.0. The van der Waals surface area contributed by atoms with Crippen molar-refractivity contribution in [1.29, 1.82) is 5.26 Å².